The van der Waals surface area contributed by atoms with Crippen LogP contribution in [0.2, 0.25) is 0 Å². The molecule has 0 bridgehead atoms. The van der Waals surface area contributed by atoms with Crippen LogP contribution < -0.4 is 0 Å². The molecule has 4 nitrogen and oxygen atoms in total. The number of nitrogens with zero attached hydrogens (tertiary/aromatic N) is 1. The Morgan fingerprint density at radius 2 is 1.30 bits per heavy atom. The van der Waals surface area contributed by atoms with E-state index in [0.29, 0.717) is 17.4 Å². The SMILES string of the molecule is CC/C=C/[N+](/C=C/CC)(/C=C/CC)CCCS(=O)(=O)[O-]. The van der Waals surface area contributed by atoms with Crippen molar-refractivity contribution in [2.75, 3.05) is 12.3 Å². The molecule has 0 rings (SSSR count). The van der Waals surface area contributed by atoms with Crippen LogP contribution in [0.1, 0.15) is 46.5 Å². The number of rotatable bonds is 10. The van der Waals surface area contributed by atoms with E-state index in [1.807, 2.05) is 0 Å². The van der Waals surface area contributed by atoms with E-state index < -0.39 is 10.1 Å². The lowest BCUT2D eigenvalue weighted by molar-refractivity contribution is -0.773. The van der Waals surface area contributed by atoms with Crippen molar-refractivity contribution in [3.05, 3.63) is 36.8 Å². The van der Waals surface area contributed by atoms with Crippen LogP contribution in [0.4, 0.5) is 0 Å². The maximum atomic E-state index is 10.7. The van der Waals surface area contributed by atoms with E-state index in [0.717, 1.165) is 19.3 Å². The van der Waals surface area contributed by atoms with Gasteiger partial charge >= 0.3 is 0 Å². The third-order valence-electron chi connectivity index (χ3n) is 2.80. The van der Waals surface area contributed by atoms with Crippen molar-refractivity contribution in [2.24, 2.45) is 0 Å². The number of hydrogen-bond acceptors (Lipinski definition) is 3. The quantitative estimate of drug-likeness (QED) is 0.458. The van der Waals surface area contributed by atoms with Gasteiger partial charge in [-0.05, 0) is 37.5 Å². The third-order valence-corrected chi connectivity index (χ3v) is 3.58. The van der Waals surface area contributed by atoms with Crippen molar-refractivity contribution in [3.63, 3.8) is 0 Å². The maximum absolute atomic E-state index is 10.7. The molecule has 5 heteroatoms. The number of allylic oxidation sites excluding steroid dienone is 3. The minimum atomic E-state index is -4.14. The van der Waals surface area contributed by atoms with Gasteiger partial charge in [-0.25, -0.2) is 12.9 Å². The van der Waals surface area contributed by atoms with Gasteiger partial charge in [0.15, 0.2) is 0 Å². The Morgan fingerprint density at radius 3 is 1.60 bits per heavy atom. The Labute approximate surface area is 123 Å². The van der Waals surface area contributed by atoms with Crippen LogP contribution in [0.3, 0.4) is 0 Å². The van der Waals surface area contributed by atoms with Gasteiger partial charge in [0.25, 0.3) is 0 Å². The average molecular weight is 301 g/mol. The molecule has 116 valence electrons. The Hall–Kier alpha value is -0.910. The maximum Gasteiger partial charge on any atom is 0.101 e. The molecule has 0 aromatic heterocycles. The second kappa shape index (κ2) is 9.91. The van der Waals surface area contributed by atoms with E-state index in [2.05, 4.69) is 57.6 Å². The first-order valence-electron chi connectivity index (χ1n) is 7.23. The molecule has 0 fully saturated rings. The van der Waals surface area contributed by atoms with E-state index in [-0.39, 0.29) is 5.75 Å². The first kappa shape index (κ1) is 19.1. The summed E-state index contributed by atoms with van der Waals surface area (Å²) in [7, 11) is -4.14. The van der Waals surface area contributed by atoms with Crippen molar-refractivity contribution >= 4 is 10.1 Å². The predicted molar refractivity (Wildman–Crippen MR) is 82.6 cm³/mol. The first-order valence-corrected chi connectivity index (χ1v) is 8.80. The fraction of sp³-hybridized carbons (Fsp3) is 0.600. The summed E-state index contributed by atoms with van der Waals surface area (Å²) >= 11 is 0. The second-order valence-electron chi connectivity index (χ2n) is 4.71. The Kier molecular flexibility index (Phi) is 9.46. The summed E-state index contributed by atoms with van der Waals surface area (Å²) in [6.45, 7) is 6.74. The minimum absolute atomic E-state index is 0.313. The fourth-order valence-corrected chi connectivity index (χ4v) is 2.28. The van der Waals surface area contributed by atoms with E-state index in [1.165, 1.54) is 0 Å². The molecule has 0 aliphatic rings. The summed E-state index contributed by atoms with van der Waals surface area (Å²) < 4.78 is 32.7. The summed E-state index contributed by atoms with van der Waals surface area (Å²) in [5.74, 6) is -0.313. The zero-order valence-electron chi connectivity index (χ0n) is 12.8. The number of hydrogen-bond donors (Lipinski definition) is 0. The summed E-state index contributed by atoms with van der Waals surface area (Å²) in [5, 5.41) is 0. The van der Waals surface area contributed by atoms with Gasteiger partial charge in [0.2, 0.25) is 0 Å². The lowest BCUT2D eigenvalue weighted by Crippen LogP contribution is -2.33. The largest absolute Gasteiger partial charge is 0.748 e. The van der Waals surface area contributed by atoms with Crippen LogP contribution in [0.25, 0.3) is 0 Å². The van der Waals surface area contributed by atoms with E-state index in [4.69, 9.17) is 0 Å². The van der Waals surface area contributed by atoms with Crippen molar-refractivity contribution < 1.29 is 17.5 Å². The fourth-order valence-electron chi connectivity index (χ4n) is 1.79. The molecule has 0 aromatic rings. The Morgan fingerprint density at radius 1 is 0.900 bits per heavy atom. The molecule has 0 atom stereocenters. The predicted octanol–water partition coefficient (Wildman–Crippen LogP) is 3.51. The topological polar surface area (TPSA) is 57.2 Å². The van der Waals surface area contributed by atoms with Gasteiger partial charge in [0.1, 0.15) is 18.6 Å². The summed E-state index contributed by atoms with van der Waals surface area (Å²) in [5.41, 5.74) is 0. The highest BCUT2D eigenvalue weighted by Crippen LogP contribution is 2.15. The smallest absolute Gasteiger partial charge is 0.101 e. The molecule has 0 amide bonds. The molecule has 20 heavy (non-hydrogen) atoms. The summed E-state index contributed by atoms with van der Waals surface area (Å²) in [6.07, 6.45) is 15.4. The zero-order chi connectivity index (χ0) is 15.5. The molecule has 0 saturated carbocycles. The highest BCUT2D eigenvalue weighted by molar-refractivity contribution is 7.85. The molecule has 0 radical (unpaired) electrons. The lowest BCUT2D eigenvalue weighted by Gasteiger charge is -2.27. The van der Waals surface area contributed by atoms with E-state index in [1.54, 1.807) is 0 Å². The monoisotopic (exact) mass is 301 g/mol. The number of quaternary nitrogens is 1. The van der Waals surface area contributed by atoms with Gasteiger partial charge in [-0.3, -0.25) is 0 Å². The van der Waals surface area contributed by atoms with Crippen LogP contribution in [0, 0.1) is 0 Å². The highest BCUT2D eigenvalue weighted by Gasteiger charge is 2.18. The molecule has 0 aliphatic carbocycles. The van der Waals surface area contributed by atoms with Gasteiger partial charge in [-0.1, -0.05) is 20.8 Å². The average Bonchev–Trinajstić information content (AvgIpc) is 2.38. The normalized spacial score (nSPS) is 14.0. The van der Waals surface area contributed by atoms with E-state index in [9.17, 15) is 13.0 Å². The molecule has 0 N–H and O–H groups in total. The van der Waals surface area contributed by atoms with Gasteiger partial charge < -0.3 is 4.55 Å². The first-order chi connectivity index (χ1) is 9.39. The molecular formula is C15H27NO3S. The van der Waals surface area contributed by atoms with E-state index >= 15 is 0 Å². The Bertz CT molecular complexity index is 400. The zero-order valence-corrected chi connectivity index (χ0v) is 13.6. The Balaban J connectivity index is 5.10. The standard InChI is InChI=1S/C15H27NO3S/c1-4-7-11-16(12-8-5-2,13-9-6-3)14-10-15-20(17,18)19/h7-9,11-13H,4-6,10,14-15H2,1-3H3/b11-7+,12-8+,13-9+. The molecule has 0 unspecified atom stereocenters. The molecule has 0 saturated heterocycles. The van der Waals surface area contributed by atoms with Gasteiger partial charge in [-0.2, -0.15) is 0 Å². The molecule has 0 aromatic carbocycles. The minimum Gasteiger partial charge on any atom is -0.748 e. The van der Waals surface area contributed by atoms with Crippen LogP contribution in [-0.4, -0.2) is 29.8 Å². The van der Waals surface area contributed by atoms with Gasteiger partial charge in [0, 0.05) is 12.2 Å². The van der Waals surface area contributed by atoms with Crippen molar-refractivity contribution in [3.8, 4) is 0 Å². The van der Waals surface area contributed by atoms with Crippen molar-refractivity contribution in [1.29, 1.82) is 0 Å². The molecule has 0 heterocycles. The molecule has 0 aliphatic heterocycles. The van der Waals surface area contributed by atoms with Gasteiger partial charge in [-0.15, -0.1) is 0 Å². The molecule has 0 spiro atoms. The van der Waals surface area contributed by atoms with Crippen molar-refractivity contribution in [2.45, 2.75) is 46.5 Å². The van der Waals surface area contributed by atoms with Crippen LogP contribution in [0.15, 0.2) is 36.8 Å². The van der Waals surface area contributed by atoms with Crippen LogP contribution >= 0.6 is 0 Å². The highest BCUT2D eigenvalue weighted by atomic mass is 32.2. The van der Waals surface area contributed by atoms with Gasteiger partial charge in [0.05, 0.1) is 16.7 Å². The summed E-state index contributed by atoms with van der Waals surface area (Å²) in [4.78, 5) is 0. The summed E-state index contributed by atoms with van der Waals surface area (Å²) in [6, 6.07) is 0. The second-order valence-corrected chi connectivity index (χ2v) is 6.24. The molecular weight excluding hydrogens is 274 g/mol. The van der Waals surface area contributed by atoms with Crippen molar-refractivity contribution in [1.82, 2.24) is 0 Å². The van der Waals surface area contributed by atoms with Crippen LogP contribution in [-0.2, 0) is 10.1 Å². The third kappa shape index (κ3) is 9.07. The lowest BCUT2D eigenvalue weighted by atomic mass is 10.3. The van der Waals surface area contributed by atoms with Crippen LogP contribution in [0.5, 0.6) is 0 Å².